The number of hydrogen-bond donors (Lipinski definition) is 0. The first-order valence-corrected chi connectivity index (χ1v) is 16.6. The van der Waals surface area contributed by atoms with E-state index in [0.29, 0.717) is 0 Å². The SMILES string of the molecule is C=C(c1ccccc1)c1ccc([Si](C)(C)OC(C)(C)C)c([Si](C)(C)OC(C)(C)C)c1. The molecule has 2 aromatic carbocycles. The summed E-state index contributed by atoms with van der Waals surface area (Å²) in [5.41, 5.74) is 2.96. The van der Waals surface area contributed by atoms with Crippen molar-refractivity contribution in [3.63, 3.8) is 0 Å². The number of hydrogen-bond acceptors (Lipinski definition) is 2. The van der Waals surface area contributed by atoms with Crippen LogP contribution in [0.25, 0.3) is 5.57 Å². The highest BCUT2D eigenvalue weighted by Crippen LogP contribution is 2.25. The lowest BCUT2D eigenvalue weighted by molar-refractivity contribution is 0.123. The smallest absolute Gasteiger partial charge is 0.218 e. The van der Waals surface area contributed by atoms with Crippen LogP contribution < -0.4 is 10.4 Å². The highest BCUT2D eigenvalue weighted by Gasteiger charge is 2.40. The summed E-state index contributed by atoms with van der Waals surface area (Å²) in [5.74, 6) is 0. The molecule has 0 aliphatic carbocycles. The minimum absolute atomic E-state index is 0.185. The Morgan fingerprint density at radius 2 is 1.13 bits per heavy atom. The van der Waals surface area contributed by atoms with Gasteiger partial charge in [-0.3, -0.25) is 0 Å². The molecule has 0 spiro atoms. The van der Waals surface area contributed by atoms with Gasteiger partial charge >= 0.3 is 0 Å². The molecule has 0 saturated heterocycles. The van der Waals surface area contributed by atoms with Gasteiger partial charge in [-0.25, -0.2) is 0 Å². The molecule has 0 heterocycles. The lowest BCUT2D eigenvalue weighted by Crippen LogP contribution is -2.63. The highest BCUT2D eigenvalue weighted by molar-refractivity contribution is 6.94. The topological polar surface area (TPSA) is 18.5 Å². The van der Waals surface area contributed by atoms with Gasteiger partial charge in [0.05, 0.1) is 0 Å². The molecule has 2 aromatic rings. The normalized spacial score (nSPS) is 13.4. The van der Waals surface area contributed by atoms with Gasteiger partial charge in [0.25, 0.3) is 0 Å². The largest absolute Gasteiger partial charge is 0.408 e. The minimum atomic E-state index is -2.21. The zero-order valence-corrected chi connectivity index (χ0v) is 22.6. The fourth-order valence-electron chi connectivity index (χ4n) is 4.20. The first-order valence-electron chi connectivity index (χ1n) is 10.8. The van der Waals surface area contributed by atoms with Crippen LogP contribution in [0.4, 0.5) is 0 Å². The third kappa shape index (κ3) is 6.51. The van der Waals surface area contributed by atoms with Gasteiger partial charge in [0.1, 0.15) is 0 Å². The van der Waals surface area contributed by atoms with Crippen molar-refractivity contribution in [2.24, 2.45) is 0 Å². The summed E-state index contributed by atoms with van der Waals surface area (Å²) < 4.78 is 13.3. The monoisotopic (exact) mass is 440 g/mol. The summed E-state index contributed by atoms with van der Waals surface area (Å²) >= 11 is 0. The van der Waals surface area contributed by atoms with Gasteiger partial charge < -0.3 is 8.85 Å². The van der Waals surface area contributed by atoms with E-state index in [4.69, 9.17) is 8.85 Å². The average Bonchev–Trinajstić information content (AvgIpc) is 2.57. The summed E-state index contributed by atoms with van der Waals surface area (Å²) in [7, 11) is -4.37. The number of benzene rings is 2. The minimum Gasteiger partial charge on any atom is -0.408 e. The van der Waals surface area contributed by atoms with Crippen molar-refractivity contribution in [1.29, 1.82) is 0 Å². The summed E-state index contributed by atoms with van der Waals surface area (Å²) in [5, 5.41) is 2.66. The maximum atomic E-state index is 6.69. The Morgan fingerprint density at radius 3 is 1.60 bits per heavy atom. The van der Waals surface area contributed by atoms with Crippen LogP contribution in [-0.2, 0) is 8.85 Å². The number of rotatable bonds is 6. The van der Waals surface area contributed by atoms with Gasteiger partial charge in [0, 0.05) is 11.2 Å². The van der Waals surface area contributed by atoms with E-state index in [0.717, 1.165) is 16.7 Å². The average molecular weight is 441 g/mol. The molecular weight excluding hydrogens is 400 g/mol. The van der Waals surface area contributed by atoms with Crippen molar-refractivity contribution in [2.75, 3.05) is 0 Å². The summed E-state index contributed by atoms with van der Waals surface area (Å²) in [6.45, 7) is 26.4. The Kier molecular flexibility index (Phi) is 7.09. The van der Waals surface area contributed by atoms with Crippen LogP contribution in [0, 0.1) is 0 Å². The van der Waals surface area contributed by atoms with Gasteiger partial charge in [-0.1, -0.05) is 55.1 Å². The van der Waals surface area contributed by atoms with Gasteiger partial charge in [0.15, 0.2) is 0 Å². The van der Waals surface area contributed by atoms with E-state index in [-0.39, 0.29) is 11.2 Å². The summed E-state index contributed by atoms with van der Waals surface area (Å²) in [6.07, 6.45) is 0. The molecule has 0 unspecified atom stereocenters. The lowest BCUT2D eigenvalue weighted by Gasteiger charge is -2.39. The highest BCUT2D eigenvalue weighted by atomic mass is 28.4. The second kappa shape index (κ2) is 8.58. The molecule has 0 aliphatic heterocycles. The summed E-state index contributed by atoms with van der Waals surface area (Å²) in [6, 6.07) is 17.2. The van der Waals surface area contributed by atoms with Crippen LogP contribution in [0.3, 0.4) is 0 Å². The van der Waals surface area contributed by atoms with E-state index in [9.17, 15) is 0 Å². The maximum absolute atomic E-state index is 6.69. The fourth-order valence-corrected chi connectivity index (χ4v) is 11.7. The quantitative estimate of drug-likeness (QED) is 0.498. The standard InChI is InChI=1S/C26H40O2Si2/c1-20(21-15-13-12-14-16-21)22-17-18-23(29(8,9)27-25(2,3)4)24(19-22)30(10,11)28-26(5,6)7/h12-19H,1H2,2-11H3. The van der Waals surface area contributed by atoms with Crippen LogP contribution in [0.5, 0.6) is 0 Å². The molecule has 0 bridgehead atoms. The second-order valence-electron chi connectivity index (χ2n) is 11.1. The van der Waals surface area contributed by atoms with Gasteiger partial charge in [-0.2, -0.15) is 0 Å². The van der Waals surface area contributed by atoms with Crippen molar-refractivity contribution in [3.8, 4) is 0 Å². The molecule has 0 saturated carbocycles. The van der Waals surface area contributed by atoms with Gasteiger partial charge in [0.2, 0.25) is 16.6 Å². The third-order valence-corrected chi connectivity index (χ3v) is 10.8. The van der Waals surface area contributed by atoms with E-state index in [1.165, 1.54) is 10.4 Å². The predicted molar refractivity (Wildman–Crippen MR) is 137 cm³/mol. The van der Waals surface area contributed by atoms with Crippen LogP contribution in [0.1, 0.15) is 52.7 Å². The summed E-state index contributed by atoms with van der Waals surface area (Å²) in [4.78, 5) is 0. The second-order valence-corrected chi connectivity index (χ2v) is 18.6. The lowest BCUT2D eigenvalue weighted by atomic mass is 10.00. The van der Waals surface area contributed by atoms with Gasteiger partial charge in [-0.15, -0.1) is 0 Å². The molecule has 2 nitrogen and oxygen atoms in total. The van der Waals surface area contributed by atoms with Crippen LogP contribution >= 0.6 is 0 Å². The van der Waals surface area contributed by atoms with Crippen molar-refractivity contribution in [1.82, 2.24) is 0 Å². The Hall–Kier alpha value is -1.47. The molecule has 0 radical (unpaired) electrons. The molecule has 0 aliphatic rings. The first kappa shape index (κ1) is 24.8. The van der Waals surface area contributed by atoms with Crippen molar-refractivity contribution in [3.05, 3.63) is 66.2 Å². The van der Waals surface area contributed by atoms with Crippen molar-refractivity contribution >= 4 is 32.6 Å². The zero-order valence-electron chi connectivity index (χ0n) is 20.6. The van der Waals surface area contributed by atoms with Crippen LogP contribution in [0.15, 0.2) is 55.1 Å². The predicted octanol–water partition coefficient (Wildman–Crippen LogP) is 6.20. The third-order valence-electron chi connectivity index (χ3n) is 4.91. The van der Waals surface area contributed by atoms with E-state index >= 15 is 0 Å². The molecule has 0 atom stereocenters. The Balaban J connectivity index is 2.64. The molecule has 0 fully saturated rings. The van der Waals surface area contributed by atoms with Crippen LogP contribution in [0.2, 0.25) is 26.2 Å². The molecule has 4 heteroatoms. The molecular formula is C26H40O2Si2. The van der Waals surface area contributed by atoms with E-state index in [2.05, 4.69) is 117 Å². The van der Waals surface area contributed by atoms with Crippen molar-refractivity contribution in [2.45, 2.75) is 78.9 Å². The fraction of sp³-hybridized carbons (Fsp3) is 0.462. The van der Waals surface area contributed by atoms with Crippen LogP contribution in [-0.4, -0.2) is 27.8 Å². The van der Waals surface area contributed by atoms with E-state index in [1.54, 1.807) is 0 Å². The maximum Gasteiger partial charge on any atom is 0.218 e. The Labute approximate surface area is 186 Å². The van der Waals surface area contributed by atoms with Crippen molar-refractivity contribution < 1.29 is 8.85 Å². The Morgan fingerprint density at radius 1 is 0.667 bits per heavy atom. The zero-order chi connectivity index (χ0) is 23.0. The molecule has 164 valence electrons. The first-order chi connectivity index (χ1) is 13.5. The molecule has 0 aromatic heterocycles. The molecule has 0 N–H and O–H groups in total. The molecule has 2 rings (SSSR count). The Bertz CT molecular complexity index is 885. The van der Waals surface area contributed by atoms with E-state index in [1.807, 2.05) is 6.07 Å². The molecule has 0 amide bonds. The molecule has 30 heavy (non-hydrogen) atoms. The van der Waals surface area contributed by atoms with E-state index < -0.39 is 16.6 Å². The van der Waals surface area contributed by atoms with Gasteiger partial charge in [-0.05, 0) is 94.8 Å².